The van der Waals surface area contributed by atoms with Gasteiger partial charge in [-0.15, -0.1) is 0 Å². The average Bonchev–Trinajstić information content (AvgIpc) is 2.29. The second kappa shape index (κ2) is 6.15. The van der Waals surface area contributed by atoms with Crippen molar-refractivity contribution in [3.8, 4) is 0 Å². The second-order valence-corrected chi connectivity index (χ2v) is 4.66. The van der Waals surface area contributed by atoms with Crippen molar-refractivity contribution in [3.63, 3.8) is 0 Å². The van der Waals surface area contributed by atoms with Crippen LogP contribution in [0.4, 0.5) is 13.2 Å². The summed E-state index contributed by atoms with van der Waals surface area (Å²) in [5.41, 5.74) is 2.38. The zero-order valence-corrected chi connectivity index (χ0v) is 10.5. The predicted molar refractivity (Wildman–Crippen MR) is 63.4 cm³/mol. The van der Waals surface area contributed by atoms with Gasteiger partial charge >= 0.3 is 6.18 Å². The Hall–Kier alpha value is -1.14. The van der Waals surface area contributed by atoms with Crippen LogP contribution in [-0.2, 0) is 6.18 Å². The van der Waals surface area contributed by atoms with E-state index in [-0.39, 0.29) is 6.04 Å². The van der Waals surface area contributed by atoms with Gasteiger partial charge in [0.25, 0.3) is 0 Å². The molecule has 102 valence electrons. The van der Waals surface area contributed by atoms with E-state index in [2.05, 4.69) is 24.3 Å². The lowest BCUT2D eigenvalue weighted by Crippen LogP contribution is -2.29. The number of halogens is 3. The van der Waals surface area contributed by atoms with E-state index in [9.17, 15) is 13.2 Å². The number of pyridine rings is 1. The number of alkyl halides is 3. The van der Waals surface area contributed by atoms with Crippen LogP contribution < -0.4 is 11.3 Å². The van der Waals surface area contributed by atoms with E-state index in [0.717, 1.165) is 25.1 Å². The van der Waals surface area contributed by atoms with E-state index in [0.29, 0.717) is 11.6 Å². The van der Waals surface area contributed by atoms with Crippen molar-refractivity contribution >= 4 is 0 Å². The molecule has 6 heteroatoms. The zero-order chi connectivity index (χ0) is 13.8. The van der Waals surface area contributed by atoms with Crippen molar-refractivity contribution in [2.75, 3.05) is 0 Å². The lowest BCUT2D eigenvalue weighted by atomic mass is 10.0. The first kappa shape index (κ1) is 14.9. The van der Waals surface area contributed by atoms with E-state index >= 15 is 0 Å². The number of hydrogen-bond acceptors (Lipinski definition) is 3. The standard InChI is InChI=1S/C12H18F3N3/c1-8(2)3-5-11(18-16)10-6-4-9(7-17-10)12(13,14)15/h4,6-8,11,18H,3,5,16H2,1-2H3. The molecular formula is C12H18F3N3. The number of nitrogens with one attached hydrogen (secondary N) is 1. The Morgan fingerprint density at radius 3 is 2.33 bits per heavy atom. The summed E-state index contributed by atoms with van der Waals surface area (Å²) in [5, 5.41) is 0. The third-order valence-corrected chi connectivity index (χ3v) is 2.70. The van der Waals surface area contributed by atoms with Gasteiger partial charge in [-0.2, -0.15) is 13.2 Å². The maximum absolute atomic E-state index is 12.4. The molecule has 3 N–H and O–H groups in total. The molecule has 1 aromatic rings. The molecule has 0 aliphatic rings. The molecule has 18 heavy (non-hydrogen) atoms. The van der Waals surface area contributed by atoms with Gasteiger partial charge in [0, 0.05) is 6.20 Å². The minimum atomic E-state index is -4.35. The second-order valence-electron chi connectivity index (χ2n) is 4.66. The van der Waals surface area contributed by atoms with Gasteiger partial charge in [-0.3, -0.25) is 16.3 Å². The molecule has 0 aromatic carbocycles. The molecule has 0 aliphatic carbocycles. The lowest BCUT2D eigenvalue weighted by molar-refractivity contribution is -0.137. The van der Waals surface area contributed by atoms with Crippen molar-refractivity contribution in [2.45, 2.75) is 38.9 Å². The maximum Gasteiger partial charge on any atom is 0.417 e. The Kier molecular flexibility index (Phi) is 5.10. The number of aromatic nitrogens is 1. The normalized spacial score (nSPS) is 13.9. The van der Waals surface area contributed by atoms with E-state index in [1.807, 2.05) is 0 Å². The molecule has 1 aromatic heterocycles. The summed E-state index contributed by atoms with van der Waals surface area (Å²) in [4.78, 5) is 3.83. The van der Waals surface area contributed by atoms with E-state index in [1.165, 1.54) is 6.07 Å². The smallest absolute Gasteiger partial charge is 0.271 e. The Balaban J connectivity index is 2.76. The largest absolute Gasteiger partial charge is 0.417 e. The van der Waals surface area contributed by atoms with Gasteiger partial charge in [-0.1, -0.05) is 13.8 Å². The molecule has 1 unspecified atom stereocenters. The van der Waals surface area contributed by atoms with E-state index < -0.39 is 11.7 Å². The summed E-state index contributed by atoms with van der Waals surface area (Å²) in [6, 6.07) is 2.19. The maximum atomic E-state index is 12.4. The quantitative estimate of drug-likeness (QED) is 0.632. The first-order valence-electron chi connectivity index (χ1n) is 5.84. The number of rotatable bonds is 5. The monoisotopic (exact) mass is 261 g/mol. The molecule has 0 aliphatic heterocycles. The van der Waals surface area contributed by atoms with E-state index in [1.54, 1.807) is 0 Å². The molecule has 0 saturated carbocycles. The summed E-state index contributed by atoms with van der Waals surface area (Å²) in [6.45, 7) is 4.15. The summed E-state index contributed by atoms with van der Waals surface area (Å²) in [5.74, 6) is 5.91. The van der Waals surface area contributed by atoms with Gasteiger partial charge in [0.2, 0.25) is 0 Å². The molecule has 1 atom stereocenters. The number of hydrazine groups is 1. The van der Waals surface area contributed by atoms with Gasteiger partial charge in [-0.05, 0) is 30.9 Å². The van der Waals surface area contributed by atoms with Crippen LogP contribution >= 0.6 is 0 Å². The van der Waals surface area contributed by atoms with Crippen molar-refractivity contribution in [1.82, 2.24) is 10.4 Å². The Labute approximate surface area is 105 Å². The highest BCUT2D eigenvalue weighted by Gasteiger charge is 2.30. The third-order valence-electron chi connectivity index (χ3n) is 2.70. The fourth-order valence-corrected chi connectivity index (χ4v) is 1.60. The van der Waals surface area contributed by atoms with Crippen LogP contribution in [-0.4, -0.2) is 4.98 Å². The summed E-state index contributed by atoms with van der Waals surface area (Å²) in [7, 11) is 0. The van der Waals surface area contributed by atoms with Crippen LogP contribution in [0.25, 0.3) is 0 Å². The number of nitrogens with two attached hydrogens (primary N) is 1. The SMILES string of the molecule is CC(C)CCC(NN)c1ccc(C(F)(F)F)cn1. The average molecular weight is 261 g/mol. The van der Waals surface area contributed by atoms with Gasteiger partial charge in [0.15, 0.2) is 0 Å². The molecule has 0 radical (unpaired) electrons. The van der Waals surface area contributed by atoms with Gasteiger partial charge in [-0.25, -0.2) is 0 Å². The summed E-state index contributed by atoms with van der Waals surface area (Å²) >= 11 is 0. The van der Waals surface area contributed by atoms with Gasteiger partial charge in [0.1, 0.15) is 0 Å². The predicted octanol–water partition coefficient (Wildman–Crippen LogP) is 3.04. The van der Waals surface area contributed by atoms with Crippen LogP contribution in [0.1, 0.15) is 44.0 Å². The Morgan fingerprint density at radius 2 is 1.94 bits per heavy atom. The van der Waals surface area contributed by atoms with Crippen LogP contribution in [0.3, 0.4) is 0 Å². The summed E-state index contributed by atoms with van der Waals surface area (Å²) < 4.78 is 37.1. The molecule has 1 heterocycles. The first-order chi connectivity index (χ1) is 8.34. The molecule has 0 bridgehead atoms. The first-order valence-corrected chi connectivity index (χ1v) is 5.84. The van der Waals surface area contributed by atoms with Crippen LogP contribution in [0.15, 0.2) is 18.3 Å². The van der Waals surface area contributed by atoms with Crippen LogP contribution in [0, 0.1) is 5.92 Å². The fourth-order valence-electron chi connectivity index (χ4n) is 1.60. The minimum absolute atomic E-state index is 0.213. The van der Waals surface area contributed by atoms with Crippen LogP contribution in [0.2, 0.25) is 0 Å². The minimum Gasteiger partial charge on any atom is -0.271 e. The molecule has 0 fully saturated rings. The van der Waals surface area contributed by atoms with E-state index in [4.69, 9.17) is 5.84 Å². The molecular weight excluding hydrogens is 243 g/mol. The van der Waals surface area contributed by atoms with Crippen molar-refractivity contribution in [2.24, 2.45) is 11.8 Å². The van der Waals surface area contributed by atoms with Crippen molar-refractivity contribution < 1.29 is 13.2 Å². The molecule has 0 amide bonds. The number of hydrogen-bond donors (Lipinski definition) is 2. The molecule has 0 spiro atoms. The van der Waals surface area contributed by atoms with Crippen LogP contribution in [0.5, 0.6) is 0 Å². The Bertz CT molecular complexity index is 360. The highest BCUT2D eigenvalue weighted by molar-refractivity contribution is 5.18. The molecule has 0 saturated heterocycles. The van der Waals surface area contributed by atoms with Gasteiger partial charge < -0.3 is 0 Å². The molecule has 1 rings (SSSR count). The molecule has 3 nitrogen and oxygen atoms in total. The highest BCUT2D eigenvalue weighted by Crippen LogP contribution is 2.29. The van der Waals surface area contributed by atoms with Gasteiger partial charge in [0.05, 0.1) is 17.3 Å². The topological polar surface area (TPSA) is 50.9 Å². The third kappa shape index (κ3) is 4.27. The summed E-state index contributed by atoms with van der Waals surface area (Å²) in [6.07, 6.45) is -1.84. The lowest BCUT2D eigenvalue weighted by Gasteiger charge is -2.17. The number of nitrogens with zero attached hydrogens (tertiary/aromatic N) is 1. The van der Waals surface area contributed by atoms with Crippen molar-refractivity contribution in [3.05, 3.63) is 29.6 Å². The fraction of sp³-hybridized carbons (Fsp3) is 0.583. The van der Waals surface area contributed by atoms with Crippen molar-refractivity contribution in [1.29, 1.82) is 0 Å². The zero-order valence-electron chi connectivity index (χ0n) is 10.5. The highest BCUT2D eigenvalue weighted by atomic mass is 19.4. The Morgan fingerprint density at radius 1 is 1.28 bits per heavy atom.